The van der Waals surface area contributed by atoms with E-state index in [2.05, 4.69) is 110 Å². The van der Waals surface area contributed by atoms with Crippen LogP contribution in [0.1, 0.15) is 29.8 Å². The fourth-order valence-electron chi connectivity index (χ4n) is 4.52. The van der Waals surface area contributed by atoms with Crippen LogP contribution >= 0.6 is 0 Å². The second-order valence-electron chi connectivity index (χ2n) is 8.52. The van der Waals surface area contributed by atoms with E-state index in [-0.39, 0.29) is 12.2 Å². The summed E-state index contributed by atoms with van der Waals surface area (Å²) in [5.74, 6) is 0.868. The number of ether oxygens (including phenoxy) is 1. The molecule has 3 heteroatoms. The lowest BCUT2D eigenvalue weighted by Crippen LogP contribution is -2.35. The molecule has 4 aromatic rings. The largest absolute Gasteiger partial charge is 0.497 e. The summed E-state index contributed by atoms with van der Waals surface area (Å²) in [6.07, 6.45) is -0.0515. The van der Waals surface area contributed by atoms with Crippen molar-refractivity contribution in [1.82, 2.24) is 0 Å². The molecule has 0 saturated carbocycles. The van der Waals surface area contributed by atoms with Crippen LogP contribution in [0.5, 0.6) is 5.75 Å². The highest BCUT2D eigenvalue weighted by atomic mass is 16.5. The highest BCUT2D eigenvalue weighted by Gasteiger charge is 2.35. The quantitative estimate of drug-likeness (QED) is 0.337. The zero-order chi connectivity index (χ0) is 22.8. The lowest BCUT2D eigenvalue weighted by Gasteiger charge is -2.30. The summed E-state index contributed by atoms with van der Waals surface area (Å²) in [5.41, 5.74) is 8.30. The minimum absolute atomic E-state index is 0.0515. The third-order valence-electron chi connectivity index (χ3n) is 6.37. The van der Waals surface area contributed by atoms with Gasteiger partial charge in [-0.05, 0) is 60.4 Å². The Balaban J connectivity index is 1.50. The molecular formula is C30H28N2O. The molecule has 3 nitrogen and oxygen atoms in total. The molecule has 33 heavy (non-hydrogen) atoms. The highest BCUT2D eigenvalue weighted by Crippen LogP contribution is 2.38. The van der Waals surface area contributed by atoms with Crippen molar-refractivity contribution < 1.29 is 4.74 Å². The smallest absolute Gasteiger partial charge is 0.148 e. The molecule has 0 saturated heterocycles. The van der Waals surface area contributed by atoms with Crippen LogP contribution in [0.15, 0.2) is 108 Å². The topological polar surface area (TPSA) is 24.8 Å². The molecule has 0 radical (unpaired) electrons. The van der Waals surface area contributed by atoms with Gasteiger partial charge in [0, 0.05) is 5.69 Å². The molecule has 0 fully saturated rings. The van der Waals surface area contributed by atoms with Gasteiger partial charge in [-0.1, -0.05) is 84.4 Å². The minimum atomic E-state index is -0.0515. The van der Waals surface area contributed by atoms with Gasteiger partial charge in [0.1, 0.15) is 11.9 Å². The van der Waals surface area contributed by atoms with Gasteiger partial charge in [0.25, 0.3) is 0 Å². The molecule has 4 aromatic carbocycles. The van der Waals surface area contributed by atoms with E-state index in [9.17, 15) is 0 Å². The Morgan fingerprint density at radius 2 is 1.27 bits per heavy atom. The molecule has 0 aromatic heterocycles. The summed E-state index contributed by atoms with van der Waals surface area (Å²) >= 11 is 0. The standard InChI is InChI=1S/C30H28N2O/c1-21-9-11-25(12-10-21)29-22(2)32(30(31-29)26-7-5-4-6-8-26)27-17-13-23(14-18-27)24-15-19-28(33-3)20-16-24/h4-20,22,30H,1-3H3. The molecule has 1 aliphatic heterocycles. The summed E-state index contributed by atoms with van der Waals surface area (Å²) in [6.45, 7) is 4.37. The molecule has 1 heterocycles. The zero-order valence-electron chi connectivity index (χ0n) is 19.3. The van der Waals surface area contributed by atoms with Crippen LogP contribution in [0.25, 0.3) is 11.1 Å². The molecule has 2 unspecified atom stereocenters. The van der Waals surface area contributed by atoms with Crippen molar-refractivity contribution in [2.45, 2.75) is 26.1 Å². The number of aryl methyl sites for hydroxylation is 1. The third-order valence-corrected chi connectivity index (χ3v) is 6.37. The number of anilines is 1. The van der Waals surface area contributed by atoms with Crippen LogP contribution in [-0.2, 0) is 0 Å². The van der Waals surface area contributed by atoms with Crippen LogP contribution < -0.4 is 9.64 Å². The summed E-state index contributed by atoms with van der Waals surface area (Å²) in [4.78, 5) is 7.64. The number of hydrogen-bond acceptors (Lipinski definition) is 3. The normalized spacial score (nSPS) is 17.7. The van der Waals surface area contributed by atoms with E-state index in [1.54, 1.807) is 7.11 Å². The molecular weight excluding hydrogens is 404 g/mol. The monoisotopic (exact) mass is 432 g/mol. The maximum absolute atomic E-state index is 5.29. The molecule has 0 amide bonds. The Bertz CT molecular complexity index is 1240. The molecule has 1 aliphatic rings. The van der Waals surface area contributed by atoms with Crippen LogP contribution in [0.2, 0.25) is 0 Å². The molecule has 0 aliphatic carbocycles. The van der Waals surface area contributed by atoms with Crippen LogP contribution in [0, 0.1) is 6.92 Å². The first kappa shape index (κ1) is 21.0. The van der Waals surface area contributed by atoms with Gasteiger partial charge in [0.15, 0.2) is 0 Å². The minimum Gasteiger partial charge on any atom is -0.497 e. The Morgan fingerprint density at radius 3 is 1.88 bits per heavy atom. The van der Waals surface area contributed by atoms with Gasteiger partial charge in [-0.2, -0.15) is 0 Å². The molecule has 164 valence electrons. The Hall–Kier alpha value is -3.85. The van der Waals surface area contributed by atoms with Crippen LogP contribution in [-0.4, -0.2) is 18.9 Å². The second kappa shape index (κ2) is 8.95. The first-order valence-corrected chi connectivity index (χ1v) is 11.4. The maximum Gasteiger partial charge on any atom is 0.148 e. The van der Waals surface area contributed by atoms with E-state index < -0.39 is 0 Å². The SMILES string of the molecule is COc1ccc(-c2ccc(N3C(C)C(c4ccc(C)cc4)=NC3c3ccccc3)cc2)cc1. The molecule has 0 bridgehead atoms. The highest BCUT2D eigenvalue weighted by molar-refractivity contribution is 6.07. The fourth-order valence-corrected chi connectivity index (χ4v) is 4.52. The van der Waals surface area contributed by atoms with Gasteiger partial charge in [0.2, 0.25) is 0 Å². The number of benzene rings is 4. The average Bonchev–Trinajstić information content (AvgIpc) is 3.22. The average molecular weight is 433 g/mol. The molecule has 2 atom stereocenters. The van der Waals surface area contributed by atoms with Crippen LogP contribution in [0.3, 0.4) is 0 Å². The predicted octanol–water partition coefficient (Wildman–Crippen LogP) is 7.07. The van der Waals surface area contributed by atoms with Gasteiger partial charge in [0.05, 0.1) is 18.9 Å². The summed E-state index contributed by atoms with van der Waals surface area (Å²) in [7, 11) is 1.69. The van der Waals surface area contributed by atoms with Crippen molar-refractivity contribution in [3.63, 3.8) is 0 Å². The maximum atomic E-state index is 5.29. The van der Waals surface area contributed by atoms with E-state index >= 15 is 0 Å². The van der Waals surface area contributed by atoms with Crippen molar-refractivity contribution in [1.29, 1.82) is 0 Å². The number of hydrogen-bond donors (Lipinski definition) is 0. The first-order chi connectivity index (χ1) is 16.1. The number of aliphatic imine (C=N–C) groups is 1. The van der Waals surface area contributed by atoms with Crippen molar-refractivity contribution in [3.05, 3.63) is 120 Å². The van der Waals surface area contributed by atoms with Gasteiger partial charge < -0.3 is 9.64 Å². The van der Waals surface area contributed by atoms with Crippen LogP contribution in [0.4, 0.5) is 5.69 Å². The van der Waals surface area contributed by atoms with E-state index in [0.717, 1.165) is 11.5 Å². The fraction of sp³-hybridized carbons (Fsp3) is 0.167. The molecule has 0 N–H and O–H groups in total. The van der Waals surface area contributed by atoms with Gasteiger partial charge >= 0.3 is 0 Å². The van der Waals surface area contributed by atoms with Gasteiger partial charge in [-0.3, -0.25) is 4.99 Å². The Kier molecular flexibility index (Phi) is 5.70. The van der Waals surface area contributed by atoms with E-state index in [1.165, 1.54) is 33.5 Å². The summed E-state index contributed by atoms with van der Waals surface area (Å²) in [5, 5.41) is 0. The van der Waals surface area contributed by atoms with E-state index in [0.29, 0.717) is 0 Å². The summed E-state index contributed by atoms with van der Waals surface area (Å²) in [6, 6.07) is 36.4. The molecule has 5 rings (SSSR count). The lowest BCUT2D eigenvalue weighted by molar-refractivity contribution is 0.415. The lowest BCUT2D eigenvalue weighted by atomic mass is 10.0. The number of rotatable bonds is 5. The number of nitrogens with zero attached hydrogens (tertiary/aromatic N) is 2. The third kappa shape index (κ3) is 4.14. The summed E-state index contributed by atoms with van der Waals surface area (Å²) < 4.78 is 5.29. The first-order valence-electron chi connectivity index (χ1n) is 11.4. The van der Waals surface area contributed by atoms with E-state index in [1.807, 2.05) is 12.1 Å². The predicted molar refractivity (Wildman–Crippen MR) is 137 cm³/mol. The zero-order valence-corrected chi connectivity index (χ0v) is 19.3. The van der Waals surface area contributed by atoms with E-state index in [4.69, 9.17) is 9.73 Å². The van der Waals surface area contributed by atoms with Crippen molar-refractivity contribution in [3.8, 4) is 16.9 Å². The van der Waals surface area contributed by atoms with Gasteiger partial charge in [-0.15, -0.1) is 0 Å². The Labute approximate surface area is 196 Å². The Morgan fingerprint density at radius 1 is 0.697 bits per heavy atom. The second-order valence-corrected chi connectivity index (χ2v) is 8.52. The molecule has 0 spiro atoms. The number of methoxy groups -OCH3 is 1. The van der Waals surface area contributed by atoms with Crippen molar-refractivity contribution >= 4 is 11.4 Å². The van der Waals surface area contributed by atoms with Crippen molar-refractivity contribution in [2.24, 2.45) is 4.99 Å². The van der Waals surface area contributed by atoms with Gasteiger partial charge in [-0.25, -0.2) is 0 Å². The van der Waals surface area contributed by atoms with Crippen molar-refractivity contribution in [2.75, 3.05) is 12.0 Å².